The SMILES string of the molecule is CCOc1ccc(CCC(=O)C(C#N)C(=O)Nc2ccccn2)cc1. The number of hydrogen-bond donors (Lipinski definition) is 1. The first-order chi connectivity index (χ1) is 12.1. The lowest BCUT2D eigenvalue weighted by Crippen LogP contribution is -2.29. The average Bonchev–Trinajstić information content (AvgIpc) is 2.63. The fraction of sp³-hybridized carbons (Fsp3) is 0.263. The van der Waals surface area contributed by atoms with Crippen molar-refractivity contribution in [3.63, 3.8) is 0 Å². The lowest BCUT2D eigenvalue weighted by molar-refractivity contribution is -0.128. The van der Waals surface area contributed by atoms with Gasteiger partial charge in [0.1, 0.15) is 11.6 Å². The van der Waals surface area contributed by atoms with Crippen LogP contribution in [0.25, 0.3) is 0 Å². The van der Waals surface area contributed by atoms with Crippen LogP contribution in [-0.2, 0) is 16.0 Å². The van der Waals surface area contributed by atoms with E-state index in [1.165, 1.54) is 6.20 Å². The number of aromatic nitrogens is 1. The molecule has 0 aliphatic heterocycles. The van der Waals surface area contributed by atoms with E-state index in [-0.39, 0.29) is 6.42 Å². The molecule has 2 rings (SSSR count). The molecule has 1 N–H and O–H groups in total. The molecule has 0 spiro atoms. The average molecular weight is 337 g/mol. The highest BCUT2D eigenvalue weighted by molar-refractivity contribution is 6.09. The number of ketones is 1. The third kappa shape index (κ3) is 5.43. The minimum absolute atomic E-state index is 0.113. The van der Waals surface area contributed by atoms with Crippen molar-refractivity contribution < 1.29 is 14.3 Å². The molecular weight excluding hydrogens is 318 g/mol. The van der Waals surface area contributed by atoms with Gasteiger partial charge in [-0.2, -0.15) is 5.26 Å². The number of nitrogens with one attached hydrogen (secondary N) is 1. The van der Waals surface area contributed by atoms with Crippen molar-refractivity contribution >= 4 is 17.5 Å². The van der Waals surface area contributed by atoms with Gasteiger partial charge in [-0.1, -0.05) is 18.2 Å². The maximum Gasteiger partial charge on any atom is 0.250 e. The van der Waals surface area contributed by atoms with E-state index in [4.69, 9.17) is 10.00 Å². The summed E-state index contributed by atoms with van der Waals surface area (Å²) in [5, 5.41) is 11.7. The van der Waals surface area contributed by atoms with Crippen molar-refractivity contribution in [3.8, 4) is 11.8 Å². The number of pyridine rings is 1. The molecule has 0 saturated carbocycles. The van der Waals surface area contributed by atoms with Crippen LogP contribution in [0.3, 0.4) is 0 Å². The van der Waals surface area contributed by atoms with Crippen LogP contribution in [0.5, 0.6) is 5.75 Å². The number of carbonyl (C=O) groups excluding carboxylic acids is 2. The number of aryl methyl sites for hydroxylation is 1. The van der Waals surface area contributed by atoms with Crippen LogP contribution in [0, 0.1) is 17.2 Å². The lowest BCUT2D eigenvalue weighted by Gasteiger charge is -2.09. The number of rotatable bonds is 8. The zero-order chi connectivity index (χ0) is 18.1. The fourth-order valence-corrected chi connectivity index (χ4v) is 2.24. The molecule has 1 heterocycles. The molecule has 25 heavy (non-hydrogen) atoms. The molecule has 6 nitrogen and oxygen atoms in total. The zero-order valence-electron chi connectivity index (χ0n) is 13.9. The number of hydrogen-bond acceptors (Lipinski definition) is 5. The van der Waals surface area contributed by atoms with E-state index in [0.717, 1.165) is 11.3 Å². The summed E-state index contributed by atoms with van der Waals surface area (Å²) in [5.74, 6) is -1.33. The molecule has 6 heteroatoms. The normalized spacial score (nSPS) is 11.2. The van der Waals surface area contributed by atoms with Gasteiger partial charge in [0.05, 0.1) is 12.7 Å². The molecule has 0 aliphatic rings. The number of nitriles is 1. The Kier molecular flexibility index (Phi) is 6.66. The minimum Gasteiger partial charge on any atom is -0.494 e. The Bertz CT molecular complexity index is 752. The van der Waals surface area contributed by atoms with E-state index in [1.807, 2.05) is 31.2 Å². The highest BCUT2D eigenvalue weighted by atomic mass is 16.5. The second kappa shape index (κ2) is 9.18. The second-order valence-electron chi connectivity index (χ2n) is 5.31. The number of carbonyl (C=O) groups is 2. The largest absolute Gasteiger partial charge is 0.494 e. The Hall–Kier alpha value is -3.20. The van der Waals surface area contributed by atoms with E-state index < -0.39 is 17.6 Å². The van der Waals surface area contributed by atoms with Gasteiger partial charge in [-0.05, 0) is 43.2 Å². The van der Waals surface area contributed by atoms with E-state index in [0.29, 0.717) is 18.8 Å². The number of nitrogens with zero attached hydrogens (tertiary/aromatic N) is 2. The number of benzene rings is 1. The van der Waals surface area contributed by atoms with Crippen molar-refractivity contribution in [2.45, 2.75) is 19.8 Å². The van der Waals surface area contributed by atoms with Gasteiger partial charge in [0, 0.05) is 12.6 Å². The highest BCUT2D eigenvalue weighted by Gasteiger charge is 2.26. The Labute approximate surface area is 146 Å². The van der Waals surface area contributed by atoms with Gasteiger partial charge >= 0.3 is 0 Å². The van der Waals surface area contributed by atoms with Gasteiger partial charge in [-0.25, -0.2) is 4.98 Å². The smallest absolute Gasteiger partial charge is 0.250 e. The van der Waals surface area contributed by atoms with Crippen LogP contribution >= 0.6 is 0 Å². The van der Waals surface area contributed by atoms with Gasteiger partial charge in [0.25, 0.3) is 5.91 Å². The summed E-state index contributed by atoms with van der Waals surface area (Å²) < 4.78 is 5.36. The predicted molar refractivity (Wildman–Crippen MR) is 92.9 cm³/mol. The van der Waals surface area contributed by atoms with Crippen LogP contribution in [-0.4, -0.2) is 23.3 Å². The zero-order valence-corrected chi connectivity index (χ0v) is 13.9. The van der Waals surface area contributed by atoms with Crippen molar-refractivity contribution in [2.75, 3.05) is 11.9 Å². The Morgan fingerprint density at radius 3 is 2.60 bits per heavy atom. The Morgan fingerprint density at radius 2 is 2.00 bits per heavy atom. The molecule has 0 saturated heterocycles. The summed E-state index contributed by atoms with van der Waals surface area (Å²) >= 11 is 0. The van der Waals surface area contributed by atoms with Gasteiger partial charge in [-0.15, -0.1) is 0 Å². The molecule has 1 aromatic carbocycles. The molecule has 1 amide bonds. The summed E-state index contributed by atoms with van der Waals surface area (Å²) in [6.45, 7) is 2.50. The molecule has 128 valence electrons. The molecular formula is C19H19N3O3. The third-order valence-electron chi connectivity index (χ3n) is 3.52. The first-order valence-electron chi connectivity index (χ1n) is 8.00. The number of amides is 1. The summed E-state index contributed by atoms with van der Waals surface area (Å²) in [7, 11) is 0. The van der Waals surface area contributed by atoms with Crippen molar-refractivity contribution in [3.05, 3.63) is 54.2 Å². The van der Waals surface area contributed by atoms with Crippen LogP contribution in [0.2, 0.25) is 0 Å². The van der Waals surface area contributed by atoms with Gasteiger partial charge in [0.15, 0.2) is 11.7 Å². The third-order valence-corrected chi connectivity index (χ3v) is 3.52. The van der Waals surface area contributed by atoms with Crippen LogP contribution in [0.15, 0.2) is 48.7 Å². The van der Waals surface area contributed by atoms with Crippen molar-refractivity contribution in [1.82, 2.24) is 4.98 Å². The number of anilines is 1. The standard InChI is InChI=1S/C19H19N3O3/c1-2-25-15-9-6-14(7-10-15)8-11-17(23)16(13-20)19(24)22-18-5-3-4-12-21-18/h3-7,9-10,12,16H,2,8,11H2,1H3,(H,21,22,24). The number of Topliss-reactive ketones (excluding diaryl/α,β-unsaturated/α-hetero) is 1. The first kappa shape index (κ1) is 18.1. The topological polar surface area (TPSA) is 92.1 Å². The maximum atomic E-state index is 12.2. The maximum absolute atomic E-state index is 12.2. The summed E-state index contributed by atoms with van der Waals surface area (Å²) in [6.07, 6.45) is 2.09. The predicted octanol–water partition coefficient (Wildman–Crippen LogP) is 2.76. The monoisotopic (exact) mass is 337 g/mol. The first-order valence-corrected chi connectivity index (χ1v) is 8.00. The highest BCUT2D eigenvalue weighted by Crippen LogP contribution is 2.15. The van der Waals surface area contributed by atoms with Gasteiger partial charge < -0.3 is 10.1 Å². The molecule has 0 fully saturated rings. The molecule has 0 radical (unpaired) electrons. The summed E-state index contributed by atoms with van der Waals surface area (Å²) in [4.78, 5) is 28.3. The summed E-state index contributed by atoms with van der Waals surface area (Å²) in [5.41, 5.74) is 0.943. The van der Waals surface area contributed by atoms with Crippen LogP contribution in [0.4, 0.5) is 5.82 Å². The minimum atomic E-state index is -1.34. The Morgan fingerprint density at radius 1 is 1.24 bits per heavy atom. The molecule has 1 atom stereocenters. The second-order valence-corrected chi connectivity index (χ2v) is 5.31. The Balaban J connectivity index is 1.91. The van der Waals surface area contributed by atoms with E-state index in [2.05, 4.69) is 10.3 Å². The lowest BCUT2D eigenvalue weighted by atomic mass is 9.98. The molecule has 2 aromatic rings. The molecule has 0 bridgehead atoms. The van der Waals surface area contributed by atoms with Gasteiger partial charge in [-0.3, -0.25) is 9.59 Å². The quantitative estimate of drug-likeness (QED) is 0.748. The molecule has 0 aliphatic carbocycles. The van der Waals surface area contributed by atoms with E-state index in [9.17, 15) is 9.59 Å². The van der Waals surface area contributed by atoms with Gasteiger partial charge in [0.2, 0.25) is 0 Å². The van der Waals surface area contributed by atoms with E-state index >= 15 is 0 Å². The van der Waals surface area contributed by atoms with E-state index in [1.54, 1.807) is 24.3 Å². The molecule has 1 aromatic heterocycles. The summed E-state index contributed by atoms with van der Waals surface area (Å²) in [6, 6.07) is 14.2. The fourth-order valence-electron chi connectivity index (χ4n) is 2.24. The van der Waals surface area contributed by atoms with Crippen LogP contribution in [0.1, 0.15) is 18.9 Å². The van der Waals surface area contributed by atoms with Crippen molar-refractivity contribution in [2.24, 2.45) is 5.92 Å². The van der Waals surface area contributed by atoms with Crippen molar-refractivity contribution in [1.29, 1.82) is 5.26 Å². The number of ether oxygens (including phenoxy) is 1. The van der Waals surface area contributed by atoms with Crippen LogP contribution < -0.4 is 10.1 Å². The molecule has 1 unspecified atom stereocenters.